The zero-order valence-corrected chi connectivity index (χ0v) is 22.0. The predicted molar refractivity (Wildman–Crippen MR) is 139 cm³/mol. The van der Waals surface area contributed by atoms with Gasteiger partial charge in [-0.05, 0) is 56.4 Å². The molecule has 8 heteroatoms. The zero-order chi connectivity index (χ0) is 26.5. The fourth-order valence-electron chi connectivity index (χ4n) is 5.56. The number of nitrogens with zero attached hydrogens (tertiary/aromatic N) is 1. The van der Waals surface area contributed by atoms with Gasteiger partial charge in [0.1, 0.15) is 12.4 Å². The minimum Gasteiger partial charge on any atom is -0.497 e. The first-order valence-electron chi connectivity index (χ1n) is 13.1. The van der Waals surface area contributed by atoms with Crippen LogP contribution in [0.1, 0.15) is 60.5 Å². The number of ether oxygens (including phenoxy) is 3. The molecule has 0 aromatic heterocycles. The number of amides is 1. The molecule has 0 radical (unpaired) electrons. The topological polar surface area (TPSA) is 90.9 Å². The number of nitrogens with one attached hydrogen (secondary N) is 1. The summed E-state index contributed by atoms with van der Waals surface area (Å²) in [5, 5.41) is 3.06. The minimum absolute atomic E-state index is 0.159. The number of aryl methyl sites for hydroxylation is 1. The number of likely N-dealkylation sites (tertiary alicyclic amines) is 1. The Labute approximate surface area is 218 Å². The van der Waals surface area contributed by atoms with Crippen LogP contribution < -0.4 is 10.1 Å². The molecule has 4 rings (SSSR count). The number of esters is 2. The number of rotatable bonds is 10. The Morgan fingerprint density at radius 1 is 1.00 bits per heavy atom. The molecule has 1 aliphatic heterocycles. The van der Waals surface area contributed by atoms with Crippen LogP contribution in [0.25, 0.3) is 0 Å². The quantitative estimate of drug-likeness (QED) is 0.377. The van der Waals surface area contributed by atoms with Crippen LogP contribution in [0.2, 0.25) is 0 Å². The SMILES string of the molecule is CCOC(=O)c1cc(OC)cc(C)c1NC(=O)C1([N+]2(CC(=O)OCc3ccccc3)CCCCC2)CC1. The summed E-state index contributed by atoms with van der Waals surface area (Å²) in [7, 11) is 1.53. The summed E-state index contributed by atoms with van der Waals surface area (Å²) >= 11 is 0. The second-order valence-electron chi connectivity index (χ2n) is 10.0. The van der Waals surface area contributed by atoms with Crippen LogP contribution >= 0.6 is 0 Å². The van der Waals surface area contributed by atoms with Crippen molar-refractivity contribution in [3.8, 4) is 5.75 Å². The maximum Gasteiger partial charge on any atom is 0.362 e. The highest BCUT2D eigenvalue weighted by Gasteiger charge is 2.66. The van der Waals surface area contributed by atoms with Gasteiger partial charge in [0.15, 0.2) is 12.1 Å². The molecule has 0 spiro atoms. The average molecular weight is 510 g/mol. The maximum absolute atomic E-state index is 13.9. The second-order valence-corrected chi connectivity index (χ2v) is 10.0. The van der Waals surface area contributed by atoms with Gasteiger partial charge in [-0.15, -0.1) is 0 Å². The molecule has 1 N–H and O–H groups in total. The van der Waals surface area contributed by atoms with Gasteiger partial charge < -0.3 is 24.0 Å². The molecule has 2 fully saturated rings. The highest BCUT2D eigenvalue weighted by molar-refractivity contribution is 6.06. The van der Waals surface area contributed by atoms with Crippen LogP contribution in [0, 0.1) is 6.92 Å². The Kier molecular flexibility index (Phi) is 8.17. The largest absolute Gasteiger partial charge is 0.497 e. The third-order valence-corrected chi connectivity index (χ3v) is 7.68. The zero-order valence-electron chi connectivity index (χ0n) is 22.0. The van der Waals surface area contributed by atoms with Gasteiger partial charge in [0.25, 0.3) is 5.91 Å². The fourth-order valence-corrected chi connectivity index (χ4v) is 5.56. The van der Waals surface area contributed by atoms with Crippen molar-refractivity contribution in [3.05, 3.63) is 59.2 Å². The van der Waals surface area contributed by atoms with Gasteiger partial charge >= 0.3 is 11.9 Å². The molecule has 1 heterocycles. The smallest absolute Gasteiger partial charge is 0.362 e. The molecule has 0 atom stereocenters. The van der Waals surface area contributed by atoms with Crippen LogP contribution in [0.5, 0.6) is 5.75 Å². The van der Waals surface area contributed by atoms with Gasteiger partial charge in [0.2, 0.25) is 0 Å². The summed E-state index contributed by atoms with van der Waals surface area (Å²) in [5.41, 5.74) is 1.61. The lowest BCUT2D eigenvalue weighted by Crippen LogP contribution is -2.66. The Morgan fingerprint density at radius 2 is 1.70 bits per heavy atom. The Bertz CT molecular complexity index is 1140. The summed E-state index contributed by atoms with van der Waals surface area (Å²) < 4.78 is 16.6. The van der Waals surface area contributed by atoms with E-state index in [1.807, 2.05) is 37.3 Å². The van der Waals surface area contributed by atoms with E-state index in [1.54, 1.807) is 19.1 Å². The summed E-state index contributed by atoms with van der Waals surface area (Å²) in [4.78, 5) is 39.7. The van der Waals surface area contributed by atoms with E-state index in [0.717, 1.165) is 37.9 Å². The van der Waals surface area contributed by atoms with Gasteiger partial charge in [0.05, 0.1) is 38.1 Å². The maximum atomic E-state index is 13.9. The number of anilines is 1. The molecule has 1 amide bonds. The molecule has 2 aliphatic rings. The molecule has 1 saturated carbocycles. The van der Waals surface area contributed by atoms with Crippen LogP contribution in [0.15, 0.2) is 42.5 Å². The third-order valence-electron chi connectivity index (χ3n) is 7.68. The average Bonchev–Trinajstić information content (AvgIpc) is 3.72. The lowest BCUT2D eigenvalue weighted by molar-refractivity contribution is -0.950. The predicted octanol–water partition coefficient (Wildman–Crippen LogP) is 4.40. The lowest BCUT2D eigenvalue weighted by Gasteiger charge is -2.46. The molecule has 198 valence electrons. The molecular formula is C29H37N2O6+. The number of piperidine rings is 1. The number of benzene rings is 2. The fraction of sp³-hybridized carbons (Fsp3) is 0.483. The second kappa shape index (κ2) is 11.3. The van der Waals surface area contributed by atoms with Crippen molar-refractivity contribution in [2.45, 2.75) is 58.1 Å². The van der Waals surface area contributed by atoms with Gasteiger partial charge in [-0.25, -0.2) is 9.59 Å². The Balaban J connectivity index is 1.57. The molecular weight excluding hydrogens is 472 g/mol. The van der Waals surface area contributed by atoms with Gasteiger partial charge in [-0.1, -0.05) is 30.3 Å². The van der Waals surface area contributed by atoms with E-state index in [-0.39, 0.29) is 37.2 Å². The number of hydrogen-bond donors (Lipinski definition) is 1. The van der Waals surface area contributed by atoms with Crippen LogP contribution in [0.3, 0.4) is 0 Å². The highest BCUT2D eigenvalue weighted by Crippen LogP contribution is 2.50. The van der Waals surface area contributed by atoms with Crippen LogP contribution in [-0.2, 0) is 25.7 Å². The van der Waals surface area contributed by atoms with E-state index in [2.05, 4.69) is 5.32 Å². The molecule has 37 heavy (non-hydrogen) atoms. The van der Waals surface area contributed by atoms with Crippen LogP contribution in [0.4, 0.5) is 5.69 Å². The number of methoxy groups -OCH3 is 1. The van der Waals surface area contributed by atoms with Crippen molar-refractivity contribution in [1.82, 2.24) is 0 Å². The molecule has 2 aromatic rings. The van der Waals surface area contributed by atoms with Crippen molar-refractivity contribution >= 4 is 23.5 Å². The minimum atomic E-state index is -0.718. The molecule has 0 unspecified atom stereocenters. The molecule has 8 nitrogen and oxygen atoms in total. The summed E-state index contributed by atoms with van der Waals surface area (Å²) in [5.74, 6) is -0.460. The van der Waals surface area contributed by atoms with Crippen LogP contribution in [-0.4, -0.2) is 61.2 Å². The molecule has 0 bridgehead atoms. The summed E-state index contributed by atoms with van der Waals surface area (Å²) in [6, 6.07) is 13.0. The standard InChI is InChI=1S/C29H36N2O6/c1-4-36-27(33)24-18-23(35-3)17-21(2)26(24)30-28(34)29(13-14-29)31(15-9-6-10-16-31)19-25(32)37-20-22-11-7-5-8-12-22/h5,7-8,11-12,17-18H,4,6,9-10,13-16,19-20H2,1-3H3/p+1. The molecule has 1 aliphatic carbocycles. The van der Waals surface area contributed by atoms with E-state index < -0.39 is 11.5 Å². The molecule has 2 aromatic carbocycles. The number of carbonyl (C=O) groups is 3. The Morgan fingerprint density at radius 3 is 2.32 bits per heavy atom. The molecule has 1 saturated heterocycles. The van der Waals surface area contributed by atoms with Crippen molar-refractivity contribution in [3.63, 3.8) is 0 Å². The summed E-state index contributed by atoms with van der Waals surface area (Å²) in [6.45, 7) is 5.66. The summed E-state index contributed by atoms with van der Waals surface area (Å²) in [6.07, 6.45) is 4.37. The van der Waals surface area contributed by atoms with Gasteiger partial charge in [-0.3, -0.25) is 4.79 Å². The normalized spacial score (nSPS) is 17.4. The van der Waals surface area contributed by atoms with Crippen molar-refractivity contribution in [1.29, 1.82) is 0 Å². The van der Waals surface area contributed by atoms with E-state index in [9.17, 15) is 14.4 Å². The van der Waals surface area contributed by atoms with E-state index in [1.165, 1.54) is 7.11 Å². The lowest BCUT2D eigenvalue weighted by atomic mass is 9.99. The number of quaternary nitrogens is 1. The number of carbonyl (C=O) groups excluding carboxylic acids is 3. The van der Waals surface area contributed by atoms with E-state index in [0.29, 0.717) is 34.3 Å². The monoisotopic (exact) mass is 509 g/mol. The number of hydrogen-bond acceptors (Lipinski definition) is 6. The first-order valence-corrected chi connectivity index (χ1v) is 13.1. The van der Waals surface area contributed by atoms with Gasteiger partial charge in [-0.2, -0.15) is 0 Å². The van der Waals surface area contributed by atoms with Crippen molar-refractivity contribution in [2.24, 2.45) is 0 Å². The van der Waals surface area contributed by atoms with E-state index in [4.69, 9.17) is 14.2 Å². The van der Waals surface area contributed by atoms with Crippen molar-refractivity contribution < 1.29 is 33.1 Å². The van der Waals surface area contributed by atoms with E-state index >= 15 is 0 Å². The first kappa shape index (κ1) is 26.7. The Hall–Kier alpha value is -3.39. The third kappa shape index (κ3) is 5.64. The first-order chi connectivity index (χ1) is 17.8. The highest BCUT2D eigenvalue weighted by atomic mass is 16.5. The van der Waals surface area contributed by atoms with Crippen molar-refractivity contribution in [2.75, 3.05) is 38.7 Å². The van der Waals surface area contributed by atoms with Gasteiger partial charge in [0, 0.05) is 12.8 Å².